The summed E-state index contributed by atoms with van der Waals surface area (Å²) < 4.78 is 0. The summed E-state index contributed by atoms with van der Waals surface area (Å²) in [6.45, 7) is 0.823. The summed E-state index contributed by atoms with van der Waals surface area (Å²) in [7, 11) is 0. The molecule has 10 heavy (non-hydrogen) atoms. The van der Waals surface area contributed by atoms with Crippen LogP contribution in [-0.4, -0.2) is 35.1 Å². The van der Waals surface area contributed by atoms with Crippen molar-refractivity contribution >= 4 is 12.2 Å². The van der Waals surface area contributed by atoms with E-state index in [1.807, 2.05) is 0 Å². The second-order valence-electron chi connectivity index (χ2n) is 1.50. The van der Waals surface area contributed by atoms with Gasteiger partial charge in [0.2, 0.25) is 5.91 Å². The van der Waals surface area contributed by atoms with E-state index in [0.717, 1.165) is 0 Å². The molecule has 0 spiro atoms. The number of rotatable bonds is 2. The fraction of sp³-hybridized carbons (Fsp3) is 0.600. The Morgan fingerprint density at radius 2 is 2.10 bits per heavy atom. The molecule has 0 aromatic rings. The lowest BCUT2D eigenvalue weighted by molar-refractivity contribution is -0.117. The first kappa shape index (κ1) is 11.8. The molecular formula is C5H11NO4. The average molecular weight is 149 g/mol. The summed E-state index contributed by atoms with van der Waals surface area (Å²) in [5, 5.41) is 15.9. The first-order valence-corrected chi connectivity index (χ1v) is 2.54. The van der Waals surface area contributed by atoms with Crippen LogP contribution in [0.15, 0.2) is 0 Å². The van der Waals surface area contributed by atoms with E-state index in [9.17, 15) is 9.59 Å². The Kier molecular flexibility index (Phi) is 9.52. The van der Waals surface area contributed by atoms with E-state index in [-0.39, 0.29) is 12.2 Å². The van der Waals surface area contributed by atoms with E-state index in [4.69, 9.17) is 10.2 Å². The second kappa shape index (κ2) is 8.06. The first-order valence-electron chi connectivity index (χ1n) is 2.54. The Hall–Kier alpha value is -0.940. The predicted molar refractivity (Wildman–Crippen MR) is 34.0 cm³/mol. The summed E-state index contributed by atoms with van der Waals surface area (Å²) in [6.07, 6.45) is -0.912. The molecule has 0 fully saturated rings. The molecular weight excluding hydrogens is 138 g/mol. The van der Waals surface area contributed by atoms with Gasteiger partial charge in [-0.2, -0.15) is 0 Å². The molecule has 5 heteroatoms. The van der Waals surface area contributed by atoms with Crippen LogP contribution in [0.5, 0.6) is 0 Å². The monoisotopic (exact) mass is 149 g/mol. The van der Waals surface area contributed by atoms with Gasteiger partial charge in [0, 0.05) is 6.92 Å². The third-order valence-electron chi connectivity index (χ3n) is 0.344. The average Bonchev–Trinajstić information content (AvgIpc) is 1.85. The van der Waals surface area contributed by atoms with Gasteiger partial charge in [0.15, 0.2) is 6.29 Å². The number of carbonyl (C=O) groups excluding carboxylic acids is 2. The van der Waals surface area contributed by atoms with Gasteiger partial charge in [-0.25, -0.2) is 0 Å². The minimum Gasteiger partial charge on any atom is -0.393 e. The summed E-state index contributed by atoms with van der Waals surface area (Å²) in [6, 6.07) is 0. The van der Waals surface area contributed by atoms with Gasteiger partial charge in [-0.3, -0.25) is 4.79 Å². The lowest BCUT2D eigenvalue weighted by Crippen LogP contribution is -2.12. The SMILES string of the molecule is CC(N)=O.O=CC(O)CO. The molecule has 1 unspecified atom stereocenters. The van der Waals surface area contributed by atoms with Crippen molar-refractivity contribution in [3.63, 3.8) is 0 Å². The number of aldehydes is 1. The standard InChI is InChI=1S/C3H6O3.C2H5NO/c4-1-3(6)2-5;1-2(3)4/h1,3,5-6H,2H2;1H3,(H2,3,4). The van der Waals surface area contributed by atoms with Crippen molar-refractivity contribution in [2.45, 2.75) is 13.0 Å². The van der Waals surface area contributed by atoms with Crippen LogP contribution in [0, 0.1) is 0 Å². The van der Waals surface area contributed by atoms with Crippen LogP contribution in [0.1, 0.15) is 6.92 Å². The van der Waals surface area contributed by atoms with Gasteiger partial charge in [-0.15, -0.1) is 0 Å². The lowest BCUT2D eigenvalue weighted by atomic mass is 10.4. The number of aliphatic hydroxyl groups excluding tert-OH is 2. The highest BCUT2D eigenvalue weighted by atomic mass is 16.3. The van der Waals surface area contributed by atoms with Crippen LogP contribution in [0.25, 0.3) is 0 Å². The van der Waals surface area contributed by atoms with Crippen LogP contribution in [0.3, 0.4) is 0 Å². The van der Waals surface area contributed by atoms with Crippen molar-refractivity contribution < 1.29 is 19.8 Å². The molecule has 1 amide bonds. The Balaban J connectivity index is 0. The number of primary amides is 1. The Bertz CT molecular complexity index is 99.8. The highest BCUT2D eigenvalue weighted by Gasteiger charge is 1.92. The van der Waals surface area contributed by atoms with Crippen LogP contribution in [0.4, 0.5) is 0 Å². The van der Waals surface area contributed by atoms with Crippen LogP contribution >= 0.6 is 0 Å². The normalized spacial score (nSPS) is 10.7. The van der Waals surface area contributed by atoms with Gasteiger partial charge < -0.3 is 20.7 Å². The van der Waals surface area contributed by atoms with Crippen molar-refractivity contribution in [1.29, 1.82) is 0 Å². The van der Waals surface area contributed by atoms with E-state index in [0.29, 0.717) is 0 Å². The van der Waals surface area contributed by atoms with Gasteiger partial charge in [-0.1, -0.05) is 0 Å². The highest BCUT2D eigenvalue weighted by Crippen LogP contribution is 1.66. The minimum atomic E-state index is -1.19. The fourth-order valence-electron chi connectivity index (χ4n) is 0.0430. The lowest BCUT2D eigenvalue weighted by Gasteiger charge is -1.89. The van der Waals surface area contributed by atoms with Crippen molar-refractivity contribution in [1.82, 2.24) is 0 Å². The maximum atomic E-state index is 9.33. The first-order chi connectivity index (χ1) is 4.54. The van der Waals surface area contributed by atoms with Crippen molar-refractivity contribution in [2.24, 2.45) is 5.73 Å². The molecule has 0 aromatic heterocycles. The van der Waals surface area contributed by atoms with E-state index in [1.54, 1.807) is 0 Å². The second-order valence-corrected chi connectivity index (χ2v) is 1.50. The third kappa shape index (κ3) is 27.7. The zero-order valence-electron chi connectivity index (χ0n) is 5.65. The molecule has 0 aliphatic carbocycles. The third-order valence-corrected chi connectivity index (χ3v) is 0.344. The van der Waals surface area contributed by atoms with Crippen molar-refractivity contribution in [3.8, 4) is 0 Å². The molecule has 0 rings (SSSR count). The largest absolute Gasteiger partial charge is 0.393 e. The Morgan fingerprint density at radius 1 is 1.80 bits per heavy atom. The van der Waals surface area contributed by atoms with Gasteiger partial charge >= 0.3 is 0 Å². The molecule has 0 bridgehead atoms. The number of nitrogens with two attached hydrogens (primary N) is 1. The summed E-state index contributed by atoms with van der Waals surface area (Å²) >= 11 is 0. The maximum Gasteiger partial charge on any atom is 0.214 e. The summed E-state index contributed by atoms with van der Waals surface area (Å²) in [4.78, 5) is 18.5. The molecule has 1 atom stereocenters. The number of carbonyl (C=O) groups is 2. The summed E-state index contributed by atoms with van der Waals surface area (Å²) in [5.41, 5.74) is 4.47. The van der Waals surface area contributed by atoms with Crippen LogP contribution in [0.2, 0.25) is 0 Å². The molecule has 60 valence electrons. The van der Waals surface area contributed by atoms with E-state index >= 15 is 0 Å². The van der Waals surface area contributed by atoms with Crippen LogP contribution < -0.4 is 5.73 Å². The quantitative estimate of drug-likeness (QED) is 0.396. The van der Waals surface area contributed by atoms with Crippen molar-refractivity contribution in [2.75, 3.05) is 6.61 Å². The molecule has 0 aliphatic heterocycles. The van der Waals surface area contributed by atoms with E-state index in [2.05, 4.69) is 5.73 Å². The Labute approximate surface area is 58.5 Å². The number of hydrogen-bond donors (Lipinski definition) is 3. The maximum absolute atomic E-state index is 9.33. The number of aliphatic hydroxyl groups is 2. The molecule has 5 nitrogen and oxygen atoms in total. The highest BCUT2D eigenvalue weighted by molar-refractivity contribution is 5.70. The predicted octanol–water partition coefficient (Wildman–Crippen LogP) is -1.97. The van der Waals surface area contributed by atoms with Crippen molar-refractivity contribution in [3.05, 3.63) is 0 Å². The van der Waals surface area contributed by atoms with Gasteiger partial charge in [-0.05, 0) is 0 Å². The smallest absolute Gasteiger partial charge is 0.214 e. The van der Waals surface area contributed by atoms with Gasteiger partial charge in [0.25, 0.3) is 0 Å². The van der Waals surface area contributed by atoms with Crippen LogP contribution in [-0.2, 0) is 9.59 Å². The van der Waals surface area contributed by atoms with Gasteiger partial charge in [0.05, 0.1) is 6.61 Å². The number of hydrogen-bond acceptors (Lipinski definition) is 4. The molecule has 4 N–H and O–H groups in total. The molecule has 0 aliphatic rings. The molecule has 0 radical (unpaired) electrons. The zero-order chi connectivity index (χ0) is 8.57. The molecule has 0 saturated heterocycles. The molecule has 0 aromatic carbocycles. The minimum absolute atomic E-state index is 0.278. The number of amides is 1. The topological polar surface area (TPSA) is 101 Å². The molecule has 0 saturated carbocycles. The Morgan fingerprint density at radius 3 is 2.10 bits per heavy atom. The molecule has 0 heterocycles. The fourth-order valence-corrected chi connectivity index (χ4v) is 0.0430. The van der Waals surface area contributed by atoms with E-state index < -0.39 is 12.7 Å². The van der Waals surface area contributed by atoms with E-state index in [1.165, 1.54) is 6.92 Å². The zero-order valence-corrected chi connectivity index (χ0v) is 5.65. The summed E-state index contributed by atoms with van der Waals surface area (Å²) in [5.74, 6) is -0.333. The van der Waals surface area contributed by atoms with Gasteiger partial charge in [0.1, 0.15) is 6.10 Å².